The molecule has 16 heavy (non-hydrogen) atoms. The molecule has 0 atom stereocenters. The molecule has 0 aliphatic rings. The molecule has 0 fully saturated rings. The average molecular weight is 222 g/mol. The predicted molar refractivity (Wildman–Crippen MR) is 64.1 cm³/mol. The first-order valence-corrected chi connectivity index (χ1v) is 5.19. The number of rotatable bonds is 4. The van der Waals surface area contributed by atoms with Gasteiger partial charge < -0.3 is 16.2 Å². The monoisotopic (exact) mass is 222 g/mol. The van der Waals surface area contributed by atoms with Crippen molar-refractivity contribution in [1.29, 1.82) is 0 Å². The molecule has 1 aromatic carbocycles. The third kappa shape index (κ3) is 3.55. The largest absolute Gasteiger partial charge is 0.399 e. The van der Waals surface area contributed by atoms with Gasteiger partial charge in [0, 0.05) is 29.8 Å². The Labute approximate surface area is 95.5 Å². The Balaban J connectivity index is 2.60. The minimum atomic E-state index is -0.310. The fraction of sp³-hybridized carbons (Fsp3) is 0.417. The Morgan fingerprint density at radius 3 is 2.75 bits per heavy atom. The summed E-state index contributed by atoms with van der Waals surface area (Å²) >= 11 is 0. The number of nitrogen functional groups attached to an aromatic ring is 1. The van der Waals surface area contributed by atoms with Crippen LogP contribution in [0.15, 0.2) is 24.3 Å². The number of nitrogens with two attached hydrogens (primary N) is 1. The Kier molecular flexibility index (Phi) is 3.90. The number of amides is 1. The molecule has 0 aliphatic carbocycles. The summed E-state index contributed by atoms with van der Waals surface area (Å²) in [5.41, 5.74) is 6.37. The van der Waals surface area contributed by atoms with Crippen LogP contribution in [-0.4, -0.2) is 24.2 Å². The number of aliphatic hydroxyl groups excluding tert-OH is 1. The second-order valence-corrected chi connectivity index (χ2v) is 4.63. The normalized spacial score (nSPS) is 11.2. The molecule has 1 aromatic rings. The highest BCUT2D eigenvalue weighted by atomic mass is 16.3. The summed E-state index contributed by atoms with van der Waals surface area (Å²) in [5, 5.41) is 11.8. The molecule has 0 aliphatic heterocycles. The number of aliphatic hydroxyl groups is 1. The molecule has 88 valence electrons. The van der Waals surface area contributed by atoms with Gasteiger partial charge in [-0.05, 0) is 18.2 Å². The highest BCUT2D eigenvalue weighted by Crippen LogP contribution is 2.12. The molecular formula is C12H18N2O2. The van der Waals surface area contributed by atoms with E-state index < -0.39 is 0 Å². The van der Waals surface area contributed by atoms with Crippen molar-refractivity contribution < 1.29 is 9.90 Å². The average Bonchev–Trinajstić information content (AvgIpc) is 2.26. The van der Waals surface area contributed by atoms with Gasteiger partial charge in [0.05, 0.1) is 0 Å². The topological polar surface area (TPSA) is 75.3 Å². The standard InChI is InChI=1S/C12H18N2O2/c1-12(2,8-15)7-14-11(16)9-4-3-5-10(13)6-9/h3-6,15H,7-8,13H2,1-2H3,(H,14,16). The van der Waals surface area contributed by atoms with Crippen molar-refractivity contribution in [2.75, 3.05) is 18.9 Å². The number of hydrogen-bond acceptors (Lipinski definition) is 3. The van der Waals surface area contributed by atoms with Crippen molar-refractivity contribution in [3.63, 3.8) is 0 Å². The van der Waals surface area contributed by atoms with Crippen molar-refractivity contribution in [1.82, 2.24) is 5.32 Å². The van der Waals surface area contributed by atoms with Crippen LogP contribution < -0.4 is 11.1 Å². The lowest BCUT2D eigenvalue weighted by atomic mass is 9.95. The fourth-order valence-corrected chi connectivity index (χ4v) is 1.16. The van der Waals surface area contributed by atoms with E-state index in [1.54, 1.807) is 24.3 Å². The van der Waals surface area contributed by atoms with E-state index in [1.807, 2.05) is 13.8 Å². The zero-order valence-electron chi connectivity index (χ0n) is 9.66. The van der Waals surface area contributed by atoms with E-state index >= 15 is 0 Å². The van der Waals surface area contributed by atoms with E-state index in [4.69, 9.17) is 10.8 Å². The van der Waals surface area contributed by atoms with Crippen LogP contribution in [0.2, 0.25) is 0 Å². The summed E-state index contributed by atoms with van der Waals surface area (Å²) in [6, 6.07) is 6.80. The predicted octanol–water partition coefficient (Wildman–Crippen LogP) is 1.02. The van der Waals surface area contributed by atoms with Crippen molar-refractivity contribution in [2.24, 2.45) is 5.41 Å². The van der Waals surface area contributed by atoms with Crippen LogP contribution in [0, 0.1) is 5.41 Å². The second-order valence-electron chi connectivity index (χ2n) is 4.63. The van der Waals surface area contributed by atoms with Gasteiger partial charge in [0.1, 0.15) is 0 Å². The highest BCUT2D eigenvalue weighted by molar-refractivity contribution is 5.94. The van der Waals surface area contributed by atoms with Crippen LogP contribution in [0.4, 0.5) is 5.69 Å². The smallest absolute Gasteiger partial charge is 0.251 e. The Bertz CT molecular complexity index is 375. The van der Waals surface area contributed by atoms with E-state index in [0.29, 0.717) is 17.8 Å². The number of carbonyl (C=O) groups excluding carboxylic acids is 1. The number of carbonyl (C=O) groups is 1. The Morgan fingerprint density at radius 1 is 1.50 bits per heavy atom. The molecular weight excluding hydrogens is 204 g/mol. The van der Waals surface area contributed by atoms with Crippen molar-refractivity contribution in [3.8, 4) is 0 Å². The third-order valence-corrected chi connectivity index (χ3v) is 2.30. The lowest BCUT2D eigenvalue weighted by molar-refractivity contribution is 0.0911. The van der Waals surface area contributed by atoms with Gasteiger partial charge in [0.2, 0.25) is 0 Å². The molecule has 1 rings (SSSR count). The maximum atomic E-state index is 11.7. The van der Waals surface area contributed by atoms with Crippen molar-refractivity contribution in [3.05, 3.63) is 29.8 Å². The van der Waals surface area contributed by atoms with Crippen LogP contribution in [0.5, 0.6) is 0 Å². The molecule has 0 aromatic heterocycles. The summed E-state index contributed by atoms with van der Waals surface area (Å²) in [4.78, 5) is 11.7. The summed E-state index contributed by atoms with van der Waals surface area (Å²) < 4.78 is 0. The molecule has 0 spiro atoms. The molecule has 1 amide bonds. The molecule has 0 saturated carbocycles. The number of hydrogen-bond donors (Lipinski definition) is 3. The first-order valence-electron chi connectivity index (χ1n) is 5.19. The summed E-state index contributed by atoms with van der Waals surface area (Å²) in [5.74, 6) is -0.172. The van der Waals surface area contributed by atoms with Gasteiger partial charge in [-0.2, -0.15) is 0 Å². The molecule has 0 saturated heterocycles. The van der Waals surface area contributed by atoms with Crippen LogP contribution in [0.25, 0.3) is 0 Å². The Morgan fingerprint density at radius 2 is 2.19 bits per heavy atom. The molecule has 0 unspecified atom stereocenters. The van der Waals surface area contributed by atoms with Crippen molar-refractivity contribution >= 4 is 11.6 Å². The van der Waals surface area contributed by atoms with Gasteiger partial charge in [-0.15, -0.1) is 0 Å². The lowest BCUT2D eigenvalue weighted by Gasteiger charge is -2.21. The van der Waals surface area contributed by atoms with Crippen molar-refractivity contribution in [2.45, 2.75) is 13.8 Å². The molecule has 0 heterocycles. The third-order valence-electron chi connectivity index (χ3n) is 2.30. The van der Waals surface area contributed by atoms with E-state index in [0.717, 1.165) is 0 Å². The van der Waals surface area contributed by atoms with Gasteiger partial charge >= 0.3 is 0 Å². The zero-order chi connectivity index (χ0) is 12.2. The number of nitrogens with one attached hydrogen (secondary N) is 1. The zero-order valence-corrected chi connectivity index (χ0v) is 9.66. The van der Waals surface area contributed by atoms with E-state index in [2.05, 4.69) is 5.32 Å². The second kappa shape index (κ2) is 4.99. The van der Waals surface area contributed by atoms with E-state index in [9.17, 15) is 4.79 Å². The van der Waals surface area contributed by atoms with Crippen LogP contribution >= 0.6 is 0 Å². The van der Waals surface area contributed by atoms with Crippen LogP contribution in [0.1, 0.15) is 24.2 Å². The van der Waals surface area contributed by atoms with E-state index in [1.165, 1.54) is 0 Å². The highest BCUT2D eigenvalue weighted by Gasteiger charge is 2.17. The fourth-order valence-electron chi connectivity index (χ4n) is 1.16. The van der Waals surface area contributed by atoms with E-state index in [-0.39, 0.29) is 17.9 Å². The molecule has 0 radical (unpaired) electrons. The number of benzene rings is 1. The Hall–Kier alpha value is -1.55. The summed E-state index contributed by atoms with van der Waals surface area (Å²) in [7, 11) is 0. The lowest BCUT2D eigenvalue weighted by Crippen LogP contribution is -2.36. The first-order chi connectivity index (χ1) is 7.44. The number of anilines is 1. The van der Waals surface area contributed by atoms with Gasteiger partial charge in [0.25, 0.3) is 5.91 Å². The minimum absolute atomic E-state index is 0.0320. The summed E-state index contributed by atoms with van der Waals surface area (Å²) in [6.07, 6.45) is 0. The maximum absolute atomic E-state index is 11.7. The molecule has 4 N–H and O–H groups in total. The first kappa shape index (κ1) is 12.5. The molecule has 4 nitrogen and oxygen atoms in total. The minimum Gasteiger partial charge on any atom is -0.399 e. The SMILES string of the molecule is CC(C)(CO)CNC(=O)c1cccc(N)c1. The van der Waals surface area contributed by atoms with Crippen LogP contribution in [0.3, 0.4) is 0 Å². The molecule has 4 heteroatoms. The molecule has 0 bridgehead atoms. The maximum Gasteiger partial charge on any atom is 0.251 e. The van der Waals surface area contributed by atoms with Gasteiger partial charge in [-0.1, -0.05) is 19.9 Å². The van der Waals surface area contributed by atoms with Gasteiger partial charge in [-0.25, -0.2) is 0 Å². The van der Waals surface area contributed by atoms with Gasteiger partial charge in [0.15, 0.2) is 0 Å². The van der Waals surface area contributed by atoms with Crippen LogP contribution in [-0.2, 0) is 0 Å². The van der Waals surface area contributed by atoms with Gasteiger partial charge in [-0.3, -0.25) is 4.79 Å². The summed E-state index contributed by atoms with van der Waals surface area (Å²) in [6.45, 7) is 4.22. The quantitative estimate of drug-likeness (QED) is 0.666.